The second-order valence-electron chi connectivity index (χ2n) is 5.05. The van der Waals surface area contributed by atoms with E-state index in [4.69, 9.17) is 4.74 Å². The van der Waals surface area contributed by atoms with Gasteiger partial charge in [-0.3, -0.25) is 9.32 Å². The Hall–Kier alpha value is -3.68. The number of nitrogens with zero attached hydrogens (tertiary/aromatic N) is 1. The second kappa shape index (κ2) is 7.26. The van der Waals surface area contributed by atoms with Crippen molar-refractivity contribution in [3.8, 4) is 5.69 Å². The van der Waals surface area contributed by atoms with Gasteiger partial charge in [-0.2, -0.15) is 0 Å². The van der Waals surface area contributed by atoms with E-state index in [1.54, 1.807) is 36.4 Å². The molecule has 3 rings (SSSR count). The van der Waals surface area contributed by atoms with E-state index in [0.29, 0.717) is 11.4 Å². The number of para-hydroxylation sites is 1. The van der Waals surface area contributed by atoms with E-state index < -0.39 is 17.5 Å². The summed E-state index contributed by atoms with van der Waals surface area (Å²) >= 11 is 0. The molecule has 0 fully saturated rings. The molecular formula is C17H14N3O5+. The normalized spacial score (nSPS) is 10.2. The lowest BCUT2D eigenvalue weighted by Crippen LogP contribution is -2.32. The van der Waals surface area contributed by atoms with Crippen molar-refractivity contribution in [3.05, 3.63) is 76.8 Å². The molecule has 25 heavy (non-hydrogen) atoms. The summed E-state index contributed by atoms with van der Waals surface area (Å²) in [6.07, 6.45) is 1.22. The maximum absolute atomic E-state index is 12.0. The summed E-state index contributed by atoms with van der Waals surface area (Å²) in [5.41, 5.74) is 0.985. The summed E-state index contributed by atoms with van der Waals surface area (Å²) in [6.45, 7) is -0.390. The maximum Gasteiger partial charge on any atom is 0.427 e. The number of esters is 1. The summed E-state index contributed by atoms with van der Waals surface area (Å²) in [4.78, 5) is 34.7. The molecule has 2 aromatic carbocycles. The lowest BCUT2D eigenvalue weighted by atomic mass is 10.2. The Morgan fingerprint density at radius 3 is 2.44 bits per heavy atom. The predicted molar refractivity (Wildman–Crippen MR) is 86.2 cm³/mol. The monoisotopic (exact) mass is 340 g/mol. The van der Waals surface area contributed by atoms with Crippen LogP contribution in [-0.4, -0.2) is 23.8 Å². The zero-order valence-corrected chi connectivity index (χ0v) is 13.0. The van der Waals surface area contributed by atoms with Crippen LogP contribution in [0.25, 0.3) is 5.69 Å². The number of H-pyrrole nitrogens is 1. The van der Waals surface area contributed by atoms with Gasteiger partial charge in [0.15, 0.2) is 6.61 Å². The number of aromatic amines is 1. The number of anilines is 1. The summed E-state index contributed by atoms with van der Waals surface area (Å²) in [5, 5.41) is 5.01. The van der Waals surface area contributed by atoms with E-state index in [-0.39, 0.29) is 12.2 Å². The van der Waals surface area contributed by atoms with E-state index in [1.807, 2.05) is 6.07 Å². The number of ether oxygens (including phenoxy) is 1. The number of nitrogens with one attached hydrogen (secondary N) is 2. The highest BCUT2D eigenvalue weighted by atomic mass is 16.5. The SMILES string of the molecule is O=C(COC(=O)c1ccc(-[n+]2cc(=O)o[nH]2)cc1)Nc1ccccc1. The van der Waals surface area contributed by atoms with Crippen molar-refractivity contribution >= 4 is 17.6 Å². The van der Waals surface area contributed by atoms with Gasteiger partial charge in [-0.1, -0.05) is 18.2 Å². The number of carbonyl (C=O) groups is 2. The van der Waals surface area contributed by atoms with Gasteiger partial charge in [-0.25, -0.2) is 9.59 Å². The van der Waals surface area contributed by atoms with E-state index in [0.717, 1.165) is 0 Å². The molecule has 8 nitrogen and oxygen atoms in total. The summed E-state index contributed by atoms with van der Waals surface area (Å²) < 4.78 is 10.9. The van der Waals surface area contributed by atoms with E-state index >= 15 is 0 Å². The predicted octanol–water partition coefficient (Wildman–Crippen LogP) is 1.04. The molecule has 2 N–H and O–H groups in total. The van der Waals surface area contributed by atoms with Crippen LogP contribution in [0, 0.1) is 0 Å². The Balaban J connectivity index is 1.56. The lowest BCUT2D eigenvalue weighted by Gasteiger charge is -2.06. The Morgan fingerprint density at radius 2 is 1.80 bits per heavy atom. The third kappa shape index (κ3) is 4.20. The molecule has 0 spiro atoms. The average molecular weight is 340 g/mol. The highest BCUT2D eigenvalue weighted by molar-refractivity contribution is 5.95. The summed E-state index contributed by atoms with van der Waals surface area (Å²) in [6, 6.07) is 15.1. The first-order valence-electron chi connectivity index (χ1n) is 7.34. The number of aromatic nitrogens is 2. The molecule has 0 saturated heterocycles. The number of hydrogen-bond acceptors (Lipinski definition) is 5. The van der Waals surface area contributed by atoms with E-state index in [9.17, 15) is 14.4 Å². The molecule has 0 aliphatic rings. The highest BCUT2D eigenvalue weighted by Crippen LogP contribution is 2.07. The van der Waals surface area contributed by atoms with Crippen LogP contribution >= 0.6 is 0 Å². The van der Waals surface area contributed by atoms with Gasteiger partial charge in [0.25, 0.3) is 12.1 Å². The molecule has 0 aliphatic carbocycles. The molecule has 0 bridgehead atoms. The molecular weight excluding hydrogens is 326 g/mol. The topological polar surface area (TPSA) is 105 Å². The summed E-state index contributed by atoms with van der Waals surface area (Å²) in [7, 11) is 0. The van der Waals surface area contributed by atoms with Gasteiger partial charge in [0.05, 0.1) is 5.56 Å². The largest absolute Gasteiger partial charge is 0.452 e. The molecule has 8 heteroatoms. The molecule has 1 amide bonds. The van der Waals surface area contributed by atoms with Crippen molar-refractivity contribution in [3.63, 3.8) is 0 Å². The van der Waals surface area contributed by atoms with Crippen LogP contribution in [0.3, 0.4) is 0 Å². The minimum Gasteiger partial charge on any atom is -0.452 e. The van der Waals surface area contributed by atoms with Crippen molar-refractivity contribution in [2.75, 3.05) is 11.9 Å². The number of hydrogen-bond donors (Lipinski definition) is 2. The van der Waals surface area contributed by atoms with E-state index in [1.165, 1.54) is 23.0 Å². The fourth-order valence-corrected chi connectivity index (χ4v) is 2.07. The first kappa shape index (κ1) is 16.2. The van der Waals surface area contributed by atoms with Crippen LogP contribution in [0.1, 0.15) is 10.4 Å². The van der Waals surface area contributed by atoms with Gasteiger partial charge >= 0.3 is 11.6 Å². The van der Waals surface area contributed by atoms with Crippen molar-refractivity contribution in [1.29, 1.82) is 0 Å². The molecule has 0 aliphatic heterocycles. The third-order valence-corrected chi connectivity index (χ3v) is 3.25. The number of amides is 1. The fraction of sp³-hybridized carbons (Fsp3) is 0.0588. The maximum atomic E-state index is 12.0. The lowest BCUT2D eigenvalue weighted by molar-refractivity contribution is -0.670. The van der Waals surface area contributed by atoms with Crippen LogP contribution in [0.2, 0.25) is 0 Å². The smallest absolute Gasteiger partial charge is 0.427 e. The quantitative estimate of drug-likeness (QED) is 0.533. The zero-order valence-electron chi connectivity index (χ0n) is 13.0. The van der Waals surface area contributed by atoms with Crippen LogP contribution in [0.15, 0.2) is 70.1 Å². The molecule has 1 aromatic heterocycles. The number of carbonyl (C=O) groups excluding carboxylic acids is 2. The van der Waals surface area contributed by atoms with Gasteiger partial charge in [0.1, 0.15) is 0 Å². The van der Waals surface area contributed by atoms with Gasteiger partial charge in [-0.15, -0.1) is 0 Å². The van der Waals surface area contributed by atoms with Crippen LogP contribution in [0.5, 0.6) is 0 Å². The first-order chi connectivity index (χ1) is 12.1. The Bertz CT molecular complexity index is 929. The average Bonchev–Trinajstić information content (AvgIpc) is 3.07. The van der Waals surface area contributed by atoms with Crippen LogP contribution in [-0.2, 0) is 9.53 Å². The van der Waals surface area contributed by atoms with Crippen LogP contribution in [0.4, 0.5) is 5.69 Å². The molecule has 0 unspecified atom stereocenters. The number of benzene rings is 2. The fourth-order valence-electron chi connectivity index (χ4n) is 2.07. The molecule has 0 saturated carbocycles. The zero-order chi connectivity index (χ0) is 17.6. The van der Waals surface area contributed by atoms with Crippen molar-refractivity contribution in [2.24, 2.45) is 0 Å². The molecule has 0 atom stereocenters. The van der Waals surface area contributed by atoms with Crippen molar-refractivity contribution in [2.45, 2.75) is 0 Å². The minimum atomic E-state index is -0.625. The molecule has 3 aromatic rings. The van der Waals surface area contributed by atoms with Gasteiger partial charge in [0.2, 0.25) is 5.69 Å². The Kier molecular flexibility index (Phi) is 4.70. The van der Waals surface area contributed by atoms with Crippen molar-refractivity contribution < 1.29 is 23.5 Å². The second-order valence-corrected chi connectivity index (χ2v) is 5.05. The summed E-state index contributed by atoms with van der Waals surface area (Å²) in [5.74, 6) is -1.05. The Morgan fingerprint density at radius 1 is 1.08 bits per heavy atom. The van der Waals surface area contributed by atoms with Crippen molar-refractivity contribution in [1.82, 2.24) is 5.27 Å². The first-order valence-corrected chi connectivity index (χ1v) is 7.34. The molecule has 126 valence electrons. The van der Waals surface area contributed by atoms with Gasteiger partial charge in [-0.05, 0) is 34.2 Å². The van der Waals surface area contributed by atoms with Gasteiger partial charge < -0.3 is 10.1 Å². The third-order valence-electron chi connectivity index (χ3n) is 3.25. The van der Waals surface area contributed by atoms with E-state index in [2.05, 4.69) is 15.1 Å². The Labute approximate surface area is 141 Å². The number of rotatable bonds is 5. The van der Waals surface area contributed by atoms with Gasteiger partial charge in [0, 0.05) is 17.8 Å². The van der Waals surface area contributed by atoms with Crippen LogP contribution < -0.4 is 15.6 Å². The standard InChI is InChI=1S/C17H13N3O5/c21-15(18-13-4-2-1-3-5-13)11-24-17(23)12-6-8-14(9-7-12)20-10-16(22)25-19-20/h1-10H,11H2,(H-,18,19,21,22)/p+1. The molecule has 0 radical (unpaired) electrons. The highest BCUT2D eigenvalue weighted by Gasteiger charge is 2.14. The minimum absolute atomic E-state index is 0.280. The molecule has 1 heterocycles.